The molecular formula is C12H22N4O2. The van der Waals surface area contributed by atoms with Crippen molar-refractivity contribution in [1.29, 1.82) is 0 Å². The van der Waals surface area contributed by atoms with Gasteiger partial charge in [0.2, 0.25) is 11.8 Å². The van der Waals surface area contributed by atoms with E-state index in [2.05, 4.69) is 22.4 Å². The topological polar surface area (TPSA) is 55.9 Å². The molecule has 2 aliphatic rings. The van der Waals surface area contributed by atoms with E-state index in [1.54, 1.807) is 0 Å². The Morgan fingerprint density at radius 1 is 1.17 bits per heavy atom. The van der Waals surface area contributed by atoms with Gasteiger partial charge in [0.25, 0.3) is 0 Å². The van der Waals surface area contributed by atoms with Crippen molar-refractivity contribution < 1.29 is 9.59 Å². The first-order chi connectivity index (χ1) is 8.49. The Balaban J connectivity index is 1.91. The molecule has 0 aromatic rings. The van der Waals surface area contributed by atoms with Crippen molar-refractivity contribution in [2.24, 2.45) is 0 Å². The first kappa shape index (κ1) is 13.5. The van der Waals surface area contributed by atoms with Gasteiger partial charge >= 0.3 is 0 Å². The molecule has 102 valence electrons. The Bertz CT molecular complexity index is 337. The zero-order valence-electron chi connectivity index (χ0n) is 11.3. The van der Waals surface area contributed by atoms with Crippen LogP contribution in [0.5, 0.6) is 0 Å². The number of likely N-dealkylation sites (N-methyl/N-ethyl adjacent to an activating group) is 1. The van der Waals surface area contributed by atoms with Crippen molar-refractivity contribution >= 4 is 11.8 Å². The molecule has 0 spiro atoms. The highest BCUT2D eigenvalue weighted by atomic mass is 16.2. The summed E-state index contributed by atoms with van der Waals surface area (Å²) in [7, 11) is 2.09. The molecule has 1 atom stereocenters. The van der Waals surface area contributed by atoms with Crippen molar-refractivity contribution in [3.05, 3.63) is 0 Å². The van der Waals surface area contributed by atoms with E-state index in [0.29, 0.717) is 0 Å². The predicted octanol–water partition coefficient (Wildman–Crippen LogP) is -0.726. The SMILES string of the molecule is CC(C)N1C(=O)CC(NN2CCN(C)CC2)C1=O. The molecule has 6 heteroatoms. The van der Waals surface area contributed by atoms with E-state index in [1.165, 1.54) is 4.90 Å². The van der Waals surface area contributed by atoms with E-state index in [1.807, 2.05) is 13.8 Å². The second kappa shape index (κ2) is 5.34. The van der Waals surface area contributed by atoms with Crippen LogP contribution in [0.1, 0.15) is 20.3 Å². The van der Waals surface area contributed by atoms with Gasteiger partial charge in [0, 0.05) is 32.2 Å². The van der Waals surface area contributed by atoms with Crippen LogP contribution in [-0.4, -0.2) is 71.9 Å². The van der Waals surface area contributed by atoms with E-state index < -0.39 is 0 Å². The quantitative estimate of drug-likeness (QED) is 0.673. The molecule has 0 aliphatic carbocycles. The smallest absolute Gasteiger partial charge is 0.248 e. The summed E-state index contributed by atoms with van der Waals surface area (Å²) in [5, 5.41) is 2.06. The van der Waals surface area contributed by atoms with Crippen molar-refractivity contribution in [2.45, 2.75) is 32.4 Å². The number of nitrogens with zero attached hydrogens (tertiary/aromatic N) is 3. The lowest BCUT2D eigenvalue weighted by molar-refractivity contribution is -0.141. The van der Waals surface area contributed by atoms with Crippen molar-refractivity contribution in [2.75, 3.05) is 33.2 Å². The standard InChI is InChI=1S/C12H22N4O2/c1-9(2)16-11(17)8-10(12(16)18)13-15-6-4-14(3)5-7-15/h9-10,13H,4-8H2,1-3H3. The van der Waals surface area contributed by atoms with Crippen LogP contribution in [0.3, 0.4) is 0 Å². The lowest BCUT2D eigenvalue weighted by Crippen LogP contribution is -2.55. The molecule has 2 aliphatic heterocycles. The maximum absolute atomic E-state index is 12.1. The normalized spacial score (nSPS) is 27.6. The third-order valence-electron chi connectivity index (χ3n) is 3.54. The molecule has 0 aromatic heterocycles. The van der Waals surface area contributed by atoms with E-state index in [4.69, 9.17) is 0 Å². The van der Waals surface area contributed by atoms with Gasteiger partial charge in [-0.1, -0.05) is 0 Å². The maximum atomic E-state index is 12.1. The summed E-state index contributed by atoms with van der Waals surface area (Å²) in [4.78, 5) is 27.5. The maximum Gasteiger partial charge on any atom is 0.248 e. The Kier molecular flexibility index (Phi) is 3.99. The first-order valence-electron chi connectivity index (χ1n) is 6.54. The van der Waals surface area contributed by atoms with Crippen molar-refractivity contribution in [3.63, 3.8) is 0 Å². The largest absolute Gasteiger partial charge is 0.304 e. The van der Waals surface area contributed by atoms with Crippen LogP contribution in [0.25, 0.3) is 0 Å². The molecule has 0 radical (unpaired) electrons. The van der Waals surface area contributed by atoms with Crippen LogP contribution >= 0.6 is 0 Å². The summed E-state index contributed by atoms with van der Waals surface area (Å²) in [6, 6.07) is -0.424. The van der Waals surface area contributed by atoms with E-state index in [-0.39, 0.29) is 30.3 Å². The number of imide groups is 1. The van der Waals surface area contributed by atoms with Crippen LogP contribution < -0.4 is 5.43 Å². The van der Waals surface area contributed by atoms with Gasteiger partial charge in [0.15, 0.2) is 0 Å². The summed E-state index contributed by atoms with van der Waals surface area (Å²) < 4.78 is 0. The number of hydrogen-bond acceptors (Lipinski definition) is 5. The monoisotopic (exact) mass is 254 g/mol. The minimum Gasteiger partial charge on any atom is -0.304 e. The number of hydrogen-bond donors (Lipinski definition) is 1. The molecule has 0 saturated carbocycles. The van der Waals surface area contributed by atoms with Gasteiger partial charge in [-0.05, 0) is 20.9 Å². The molecule has 1 unspecified atom stereocenters. The fourth-order valence-electron chi connectivity index (χ4n) is 2.45. The van der Waals surface area contributed by atoms with Crippen LogP contribution in [0.4, 0.5) is 0 Å². The van der Waals surface area contributed by atoms with Gasteiger partial charge in [-0.15, -0.1) is 0 Å². The van der Waals surface area contributed by atoms with Gasteiger partial charge in [0.1, 0.15) is 6.04 Å². The average molecular weight is 254 g/mol. The summed E-state index contributed by atoms with van der Waals surface area (Å²) in [6.45, 7) is 7.47. The van der Waals surface area contributed by atoms with E-state index in [0.717, 1.165) is 26.2 Å². The lowest BCUT2D eigenvalue weighted by Gasteiger charge is -2.34. The summed E-state index contributed by atoms with van der Waals surface area (Å²) in [5.41, 5.74) is 3.20. The number of likely N-dealkylation sites (tertiary alicyclic amines) is 1. The summed E-state index contributed by atoms with van der Waals surface area (Å²) >= 11 is 0. The Hall–Kier alpha value is -0.980. The highest BCUT2D eigenvalue weighted by Crippen LogP contribution is 2.16. The fraction of sp³-hybridized carbons (Fsp3) is 0.833. The fourth-order valence-corrected chi connectivity index (χ4v) is 2.45. The van der Waals surface area contributed by atoms with E-state index in [9.17, 15) is 9.59 Å². The molecule has 6 nitrogen and oxygen atoms in total. The van der Waals surface area contributed by atoms with Crippen LogP contribution in [0.15, 0.2) is 0 Å². The van der Waals surface area contributed by atoms with Gasteiger partial charge in [-0.25, -0.2) is 10.4 Å². The zero-order valence-corrected chi connectivity index (χ0v) is 11.3. The molecule has 18 heavy (non-hydrogen) atoms. The summed E-state index contributed by atoms with van der Waals surface area (Å²) in [6.07, 6.45) is 0.281. The van der Waals surface area contributed by atoms with Crippen LogP contribution in [0.2, 0.25) is 0 Å². The van der Waals surface area contributed by atoms with Gasteiger partial charge < -0.3 is 4.90 Å². The number of piperazine rings is 1. The van der Waals surface area contributed by atoms with Crippen LogP contribution in [-0.2, 0) is 9.59 Å². The lowest BCUT2D eigenvalue weighted by atomic mass is 10.2. The van der Waals surface area contributed by atoms with Crippen LogP contribution in [0, 0.1) is 0 Å². The first-order valence-corrected chi connectivity index (χ1v) is 6.54. The zero-order chi connectivity index (χ0) is 13.3. The molecule has 2 saturated heterocycles. The highest BCUT2D eigenvalue weighted by Gasteiger charge is 2.40. The number of carbonyl (C=O) groups is 2. The Morgan fingerprint density at radius 3 is 2.28 bits per heavy atom. The predicted molar refractivity (Wildman–Crippen MR) is 67.6 cm³/mol. The van der Waals surface area contributed by atoms with Gasteiger partial charge in [0.05, 0.1) is 6.42 Å². The minimum atomic E-state index is -0.372. The molecule has 1 N–H and O–H groups in total. The molecule has 0 aromatic carbocycles. The van der Waals surface area contributed by atoms with E-state index >= 15 is 0 Å². The summed E-state index contributed by atoms with van der Waals surface area (Å²) in [5.74, 6) is -0.157. The molecular weight excluding hydrogens is 232 g/mol. The molecule has 2 fully saturated rings. The second-order valence-electron chi connectivity index (χ2n) is 5.37. The minimum absolute atomic E-state index is 0.0516. The van der Waals surface area contributed by atoms with Gasteiger partial charge in [-0.3, -0.25) is 14.5 Å². The molecule has 0 bridgehead atoms. The molecule has 2 heterocycles. The number of rotatable bonds is 3. The van der Waals surface area contributed by atoms with Crippen molar-refractivity contribution in [1.82, 2.24) is 20.2 Å². The highest BCUT2D eigenvalue weighted by molar-refractivity contribution is 6.05. The second-order valence-corrected chi connectivity index (χ2v) is 5.37. The number of nitrogens with one attached hydrogen (secondary N) is 1. The van der Waals surface area contributed by atoms with Crippen molar-refractivity contribution in [3.8, 4) is 0 Å². The average Bonchev–Trinajstić information content (AvgIpc) is 2.57. The number of amides is 2. The number of hydrazine groups is 1. The van der Waals surface area contributed by atoms with Gasteiger partial charge in [-0.2, -0.15) is 0 Å². The molecule has 2 rings (SSSR count). The Morgan fingerprint density at radius 2 is 1.78 bits per heavy atom. The Labute approximate surface area is 108 Å². The number of carbonyl (C=O) groups excluding carboxylic acids is 2. The third kappa shape index (κ3) is 2.71. The molecule has 2 amide bonds. The third-order valence-corrected chi connectivity index (χ3v) is 3.54.